The molecule has 0 amide bonds. The molecule has 0 unspecified atom stereocenters. The fourth-order valence-electron chi connectivity index (χ4n) is 2.08. The molecule has 0 heterocycles. The normalized spacial score (nSPS) is 10.5. The lowest BCUT2D eigenvalue weighted by atomic mass is 10.1. The summed E-state index contributed by atoms with van der Waals surface area (Å²) >= 11 is 3.30. The number of nitrogens with zero attached hydrogens (tertiary/aromatic N) is 1. The van der Waals surface area contributed by atoms with Crippen LogP contribution < -0.4 is 5.32 Å². The fourth-order valence-corrected chi connectivity index (χ4v) is 2.57. The van der Waals surface area contributed by atoms with E-state index in [1.54, 1.807) is 19.1 Å². The van der Waals surface area contributed by atoms with Crippen LogP contribution in [0.25, 0.3) is 0 Å². The maximum atomic E-state index is 13.0. The zero-order valence-electron chi connectivity index (χ0n) is 11.6. The van der Waals surface area contributed by atoms with Gasteiger partial charge in [-0.15, -0.1) is 0 Å². The van der Waals surface area contributed by atoms with Gasteiger partial charge in [-0.25, -0.2) is 4.39 Å². The Hall–Kier alpha value is -1.95. The molecule has 2 rings (SSSR count). The second-order valence-corrected chi connectivity index (χ2v) is 5.65. The van der Waals surface area contributed by atoms with Crippen LogP contribution >= 0.6 is 15.9 Å². The van der Waals surface area contributed by atoms with Crippen molar-refractivity contribution in [3.63, 3.8) is 0 Å². The Labute approximate surface area is 130 Å². The molecule has 0 radical (unpaired) electrons. The molecule has 0 aliphatic rings. The summed E-state index contributed by atoms with van der Waals surface area (Å²) in [6, 6.07) is 7.75. The quantitative estimate of drug-likeness (QED) is 0.639. The summed E-state index contributed by atoms with van der Waals surface area (Å²) in [5.74, 6) is -0.312. The first-order valence-electron chi connectivity index (χ1n) is 6.32. The standard InChI is InChI=1S/C15H14BrFN2O2/c1-9-5-10(2)15(19(20)21)7-14(9)18-8-11-3-4-12(17)6-13(11)16/h3-7,18H,8H2,1-2H3. The van der Waals surface area contributed by atoms with Crippen LogP contribution in [0.1, 0.15) is 16.7 Å². The van der Waals surface area contributed by atoms with Gasteiger partial charge in [0.15, 0.2) is 0 Å². The number of aryl methyl sites for hydroxylation is 2. The van der Waals surface area contributed by atoms with E-state index >= 15 is 0 Å². The zero-order valence-corrected chi connectivity index (χ0v) is 13.2. The number of benzene rings is 2. The van der Waals surface area contributed by atoms with Crippen LogP contribution in [0.15, 0.2) is 34.8 Å². The van der Waals surface area contributed by atoms with Crippen LogP contribution in [0, 0.1) is 29.8 Å². The van der Waals surface area contributed by atoms with Crippen LogP contribution in [-0.4, -0.2) is 4.92 Å². The minimum Gasteiger partial charge on any atom is -0.381 e. The minimum absolute atomic E-state index is 0.0845. The van der Waals surface area contributed by atoms with E-state index in [0.29, 0.717) is 22.3 Å². The van der Waals surface area contributed by atoms with Crippen molar-refractivity contribution in [3.8, 4) is 0 Å². The van der Waals surface area contributed by atoms with E-state index in [0.717, 1.165) is 11.1 Å². The van der Waals surface area contributed by atoms with Crippen LogP contribution in [0.2, 0.25) is 0 Å². The number of rotatable bonds is 4. The van der Waals surface area contributed by atoms with Crippen molar-refractivity contribution in [2.24, 2.45) is 0 Å². The number of nitrogens with one attached hydrogen (secondary N) is 1. The van der Waals surface area contributed by atoms with Gasteiger partial charge in [0, 0.05) is 28.3 Å². The van der Waals surface area contributed by atoms with Crippen LogP contribution in [-0.2, 0) is 6.54 Å². The van der Waals surface area contributed by atoms with Gasteiger partial charge in [0.1, 0.15) is 5.82 Å². The van der Waals surface area contributed by atoms with Gasteiger partial charge in [-0.05, 0) is 43.2 Å². The van der Waals surface area contributed by atoms with Crippen molar-refractivity contribution >= 4 is 27.3 Å². The van der Waals surface area contributed by atoms with E-state index in [-0.39, 0.29) is 11.5 Å². The lowest BCUT2D eigenvalue weighted by Gasteiger charge is -2.12. The predicted molar refractivity (Wildman–Crippen MR) is 84.0 cm³/mol. The van der Waals surface area contributed by atoms with Crippen molar-refractivity contribution in [2.75, 3.05) is 5.32 Å². The van der Waals surface area contributed by atoms with Crippen LogP contribution in [0.5, 0.6) is 0 Å². The highest BCUT2D eigenvalue weighted by atomic mass is 79.9. The monoisotopic (exact) mass is 352 g/mol. The average Bonchev–Trinajstić information content (AvgIpc) is 2.39. The smallest absolute Gasteiger partial charge is 0.274 e. The fraction of sp³-hybridized carbons (Fsp3) is 0.200. The minimum atomic E-state index is -0.395. The van der Waals surface area contributed by atoms with Gasteiger partial charge in [-0.3, -0.25) is 10.1 Å². The molecule has 4 nitrogen and oxygen atoms in total. The summed E-state index contributed by atoms with van der Waals surface area (Å²) in [4.78, 5) is 10.6. The molecule has 110 valence electrons. The molecule has 0 aliphatic carbocycles. The Kier molecular flexibility index (Phi) is 4.57. The van der Waals surface area contributed by atoms with Crippen LogP contribution in [0.3, 0.4) is 0 Å². The Morgan fingerprint density at radius 1 is 1.24 bits per heavy atom. The summed E-state index contributed by atoms with van der Waals surface area (Å²) in [5.41, 5.74) is 3.21. The second-order valence-electron chi connectivity index (χ2n) is 4.80. The second kappa shape index (κ2) is 6.22. The largest absolute Gasteiger partial charge is 0.381 e. The van der Waals surface area contributed by atoms with E-state index in [1.807, 2.05) is 6.92 Å². The lowest BCUT2D eigenvalue weighted by molar-refractivity contribution is -0.385. The van der Waals surface area contributed by atoms with Gasteiger partial charge in [0.05, 0.1) is 4.92 Å². The van der Waals surface area contributed by atoms with Crippen molar-refractivity contribution < 1.29 is 9.31 Å². The maximum absolute atomic E-state index is 13.0. The Bertz CT molecular complexity index is 704. The molecule has 0 bridgehead atoms. The molecule has 21 heavy (non-hydrogen) atoms. The van der Waals surface area contributed by atoms with E-state index in [9.17, 15) is 14.5 Å². The predicted octanol–water partition coefficient (Wildman–Crippen LogP) is 4.73. The van der Waals surface area contributed by atoms with Gasteiger partial charge in [-0.2, -0.15) is 0 Å². The first-order valence-corrected chi connectivity index (χ1v) is 7.11. The van der Waals surface area contributed by atoms with Crippen molar-refractivity contribution in [1.82, 2.24) is 0 Å². The molecule has 0 aliphatic heterocycles. The highest BCUT2D eigenvalue weighted by Gasteiger charge is 2.13. The average molecular weight is 353 g/mol. The third-order valence-electron chi connectivity index (χ3n) is 3.22. The number of nitro groups is 1. The number of hydrogen-bond donors (Lipinski definition) is 1. The summed E-state index contributed by atoms with van der Waals surface area (Å²) in [6.45, 7) is 4.05. The number of hydrogen-bond acceptors (Lipinski definition) is 3. The highest BCUT2D eigenvalue weighted by Crippen LogP contribution is 2.27. The zero-order chi connectivity index (χ0) is 15.6. The number of anilines is 1. The number of nitro benzene ring substituents is 1. The van der Waals surface area contributed by atoms with E-state index < -0.39 is 4.92 Å². The number of halogens is 2. The van der Waals surface area contributed by atoms with Crippen molar-refractivity contribution in [3.05, 3.63) is 67.4 Å². The summed E-state index contributed by atoms with van der Waals surface area (Å²) in [7, 11) is 0. The first-order chi connectivity index (χ1) is 9.88. The Morgan fingerprint density at radius 3 is 2.57 bits per heavy atom. The molecule has 0 aromatic heterocycles. The topological polar surface area (TPSA) is 55.2 Å². The highest BCUT2D eigenvalue weighted by molar-refractivity contribution is 9.10. The SMILES string of the molecule is Cc1cc(C)c([N+](=O)[O-])cc1NCc1ccc(F)cc1Br. The van der Waals surface area contributed by atoms with E-state index in [4.69, 9.17) is 0 Å². The Balaban J connectivity index is 2.23. The van der Waals surface area contributed by atoms with Gasteiger partial charge in [-0.1, -0.05) is 22.0 Å². The molecule has 6 heteroatoms. The van der Waals surface area contributed by atoms with Gasteiger partial charge in [0.2, 0.25) is 0 Å². The molecular weight excluding hydrogens is 339 g/mol. The maximum Gasteiger partial charge on any atom is 0.274 e. The molecule has 1 N–H and O–H groups in total. The summed E-state index contributed by atoms with van der Waals surface area (Å²) in [5, 5.41) is 14.1. The van der Waals surface area contributed by atoms with E-state index in [2.05, 4.69) is 21.2 Å². The molecule has 0 atom stereocenters. The molecule has 2 aromatic rings. The van der Waals surface area contributed by atoms with Gasteiger partial charge >= 0.3 is 0 Å². The summed E-state index contributed by atoms with van der Waals surface area (Å²) in [6.07, 6.45) is 0. The molecule has 0 saturated carbocycles. The summed E-state index contributed by atoms with van der Waals surface area (Å²) < 4.78 is 13.7. The molecule has 0 spiro atoms. The molecule has 2 aromatic carbocycles. The lowest BCUT2D eigenvalue weighted by Crippen LogP contribution is -2.03. The van der Waals surface area contributed by atoms with Gasteiger partial charge in [0.25, 0.3) is 5.69 Å². The van der Waals surface area contributed by atoms with Crippen LogP contribution in [0.4, 0.5) is 15.8 Å². The molecule has 0 saturated heterocycles. The van der Waals surface area contributed by atoms with Crippen molar-refractivity contribution in [2.45, 2.75) is 20.4 Å². The third kappa shape index (κ3) is 3.58. The third-order valence-corrected chi connectivity index (χ3v) is 3.96. The first kappa shape index (κ1) is 15.4. The molecular formula is C15H14BrFN2O2. The van der Waals surface area contributed by atoms with Crippen molar-refractivity contribution in [1.29, 1.82) is 0 Å². The Morgan fingerprint density at radius 2 is 1.95 bits per heavy atom. The van der Waals surface area contributed by atoms with E-state index in [1.165, 1.54) is 18.2 Å². The molecule has 0 fully saturated rings. The van der Waals surface area contributed by atoms with Gasteiger partial charge < -0.3 is 5.32 Å².